The van der Waals surface area contributed by atoms with E-state index in [2.05, 4.69) is 5.32 Å². The lowest BCUT2D eigenvalue weighted by Gasteiger charge is -2.08. The van der Waals surface area contributed by atoms with Crippen molar-refractivity contribution in [3.8, 4) is 0 Å². The molecular formula is C10H15NO2. The first-order valence-corrected chi connectivity index (χ1v) is 4.70. The predicted molar refractivity (Wildman–Crippen MR) is 50.2 cm³/mol. The highest BCUT2D eigenvalue weighted by molar-refractivity contribution is 6.06. The van der Waals surface area contributed by atoms with Gasteiger partial charge in [-0.3, -0.25) is 9.59 Å². The number of carbonyl (C=O) groups is 2. The van der Waals surface area contributed by atoms with Gasteiger partial charge in [0.2, 0.25) is 5.91 Å². The molecule has 0 spiro atoms. The third-order valence-electron chi connectivity index (χ3n) is 2.21. The normalized spacial score (nSPS) is 24.1. The zero-order valence-corrected chi connectivity index (χ0v) is 7.88. The van der Waals surface area contributed by atoms with Crippen LogP contribution >= 0.6 is 0 Å². The lowest BCUT2D eigenvalue weighted by molar-refractivity contribution is -0.131. The van der Waals surface area contributed by atoms with E-state index in [0.29, 0.717) is 13.0 Å². The molecular weight excluding hydrogens is 166 g/mol. The van der Waals surface area contributed by atoms with Crippen LogP contribution in [-0.2, 0) is 9.59 Å². The second-order valence-corrected chi connectivity index (χ2v) is 3.24. The van der Waals surface area contributed by atoms with Gasteiger partial charge in [-0.05, 0) is 25.8 Å². The van der Waals surface area contributed by atoms with E-state index in [4.69, 9.17) is 0 Å². The van der Waals surface area contributed by atoms with Gasteiger partial charge >= 0.3 is 0 Å². The highest BCUT2D eigenvalue weighted by atomic mass is 16.2. The van der Waals surface area contributed by atoms with Crippen molar-refractivity contribution in [2.24, 2.45) is 5.92 Å². The Balaban J connectivity index is 2.64. The van der Waals surface area contributed by atoms with Gasteiger partial charge in [0.15, 0.2) is 5.78 Å². The lowest BCUT2D eigenvalue weighted by atomic mass is 9.97. The maximum Gasteiger partial charge on any atom is 0.230 e. The molecule has 1 N–H and O–H groups in total. The number of amides is 1. The summed E-state index contributed by atoms with van der Waals surface area (Å²) in [6.07, 6.45) is 5.78. The highest BCUT2D eigenvalue weighted by Crippen LogP contribution is 2.13. The van der Waals surface area contributed by atoms with Crippen LogP contribution in [0.1, 0.15) is 26.2 Å². The standard InChI is InChI=1S/C10H15NO2/c1-2-5-9(12)8-6-3-4-7-11-10(8)13/h2,5,8H,3-4,6-7H2,1H3,(H,11,13). The average Bonchev–Trinajstić information content (AvgIpc) is 2.30. The summed E-state index contributed by atoms with van der Waals surface area (Å²) in [5.74, 6) is -0.624. The molecule has 1 heterocycles. The number of hydrogen-bond acceptors (Lipinski definition) is 2. The summed E-state index contributed by atoms with van der Waals surface area (Å²) in [6.45, 7) is 2.49. The Bertz CT molecular complexity index is 233. The fourth-order valence-corrected chi connectivity index (χ4v) is 1.49. The fraction of sp³-hybridized carbons (Fsp3) is 0.600. The number of rotatable bonds is 2. The van der Waals surface area contributed by atoms with Gasteiger partial charge in [-0.15, -0.1) is 0 Å². The summed E-state index contributed by atoms with van der Waals surface area (Å²) in [6, 6.07) is 0. The van der Waals surface area contributed by atoms with Crippen LogP contribution in [-0.4, -0.2) is 18.2 Å². The van der Waals surface area contributed by atoms with Gasteiger partial charge in [-0.25, -0.2) is 0 Å². The van der Waals surface area contributed by atoms with Crippen LogP contribution in [0.4, 0.5) is 0 Å². The molecule has 72 valence electrons. The molecule has 1 unspecified atom stereocenters. The summed E-state index contributed by atoms with van der Waals surface area (Å²) >= 11 is 0. The number of hydrogen-bond donors (Lipinski definition) is 1. The fourth-order valence-electron chi connectivity index (χ4n) is 1.49. The van der Waals surface area contributed by atoms with Crippen LogP contribution in [0.25, 0.3) is 0 Å². The van der Waals surface area contributed by atoms with Crippen molar-refractivity contribution in [1.29, 1.82) is 0 Å². The smallest absolute Gasteiger partial charge is 0.230 e. The minimum absolute atomic E-state index is 0.0677. The molecule has 0 aliphatic carbocycles. The molecule has 1 atom stereocenters. The number of nitrogens with one attached hydrogen (secondary N) is 1. The Morgan fingerprint density at radius 1 is 1.54 bits per heavy atom. The van der Waals surface area contributed by atoms with E-state index in [9.17, 15) is 9.59 Å². The first kappa shape index (κ1) is 9.96. The molecule has 1 aliphatic heterocycles. The van der Waals surface area contributed by atoms with Crippen molar-refractivity contribution in [3.05, 3.63) is 12.2 Å². The molecule has 1 saturated heterocycles. The second kappa shape index (κ2) is 4.80. The monoisotopic (exact) mass is 181 g/mol. The Morgan fingerprint density at radius 3 is 3.00 bits per heavy atom. The molecule has 1 fully saturated rings. The van der Waals surface area contributed by atoms with Gasteiger partial charge in [0, 0.05) is 6.54 Å². The number of ketones is 1. The van der Waals surface area contributed by atoms with Crippen molar-refractivity contribution < 1.29 is 9.59 Å². The summed E-state index contributed by atoms with van der Waals surface area (Å²) in [7, 11) is 0. The molecule has 1 amide bonds. The molecule has 0 radical (unpaired) electrons. The van der Waals surface area contributed by atoms with E-state index in [1.807, 2.05) is 0 Å². The van der Waals surface area contributed by atoms with Gasteiger partial charge < -0.3 is 5.32 Å². The van der Waals surface area contributed by atoms with Crippen molar-refractivity contribution in [3.63, 3.8) is 0 Å². The van der Waals surface area contributed by atoms with Gasteiger partial charge in [0.25, 0.3) is 0 Å². The van der Waals surface area contributed by atoms with Crippen LogP contribution < -0.4 is 5.32 Å². The van der Waals surface area contributed by atoms with Crippen molar-refractivity contribution in [2.45, 2.75) is 26.2 Å². The topological polar surface area (TPSA) is 46.2 Å². The van der Waals surface area contributed by atoms with E-state index < -0.39 is 5.92 Å². The van der Waals surface area contributed by atoms with Crippen LogP contribution in [0.5, 0.6) is 0 Å². The first-order valence-electron chi connectivity index (χ1n) is 4.70. The molecule has 0 aromatic rings. The van der Waals surface area contributed by atoms with E-state index in [1.165, 1.54) is 6.08 Å². The summed E-state index contributed by atoms with van der Waals surface area (Å²) < 4.78 is 0. The Hall–Kier alpha value is -1.12. The Labute approximate surface area is 78.2 Å². The first-order chi connectivity index (χ1) is 6.25. The van der Waals surface area contributed by atoms with Crippen molar-refractivity contribution in [1.82, 2.24) is 5.32 Å². The van der Waals surface area contributed by atoms with E-state index in [1.54, 1.807) is 13.0 Å². The third kappa shape index (κ3) is 2.68. The Morgan fingerprint density at radius 2 is 2.31 bits per heavy atom. The third-order valence-corrected chi connectivity index (χ3v) is 2.21. The molecule has 13 heavy (non-hydrogen) atoms. The van der Waals surface area contributed by atoms with Gasteiger partial charge in [-0.1, -0.05) is 12.5 Å². The predicted octanol–water partition coefficient (Wildman–Crippen LogP) is 1.05. The van der Waals surface area contributed by atoms with Crippen molar-refractivity contribution in [2.75, 3.05) is 6.54 Å². The molecule has 0 saturated carbocycles. The van der Waals surface area contributed by atoms with Crippen LogP contribution in [0.3, 0.4) is 0 Å². The molecule has 1 rings (SSSR count). The van der Waals surface area contributed by atoms with E-state index in [-0.39, 0.29) is 11.7 Å². The maximum atomic E-state index is 11.4. The SMILES string of the molecule is CC=CC(=O)C1CCCCNC1=O. The highest BCUT2D eigenvalue weighted by Gasteiger charge is 2.25. The summed E-state index contributed by atoms with van der Waals surface area (Å²) in [5, 5.41) is 2.74. The van der Waals surface area contributed by atoms with Crippen molar-refractivity contribution >= 4 is 11.7 Å². The molecule has 1 aliphatic rings. The van der Waals surface area contributed by atoms with Gasteiger partial charge in [0.1, 0.15) is 5.92 Å². The molecule has 0 aromatic heterocycles. The second-order valence-electron chi connectivity index (χ2n) is 3.24. The zero-order chi connectivity index (χ0) is 9.68. The number of allylic oxidation sites excluding steroid dienone is 2. The van der Waals surface area contributed by atoms with Crippen LogP contribution in [0.15, 0.2) is 12.2 Å². The minimum Gasteiger partial charge on any atom is -0.355 e. The van der Waals surface area contributed by atoms with Gasteiger partial charge in [0.05, 0.1) is 0 Å². The molecule has 0 bridgehead atoms. The lowest BCUT2D eigenvalue weighted by Crippen LogP contribution is -2.32. The van der Waals surface area contributed by atoms with Gasteiger partial charge in [-0.2, -0.15) is 0 Å². The molecule has 0 aromatic carbocycles. The molecule has 3 heteroatoms. The minimum atomic E-state index is -0.446. The zero-order valence-electron chi connectivity index (χ0n) is 7.88. The molecule has 3 nitrogen and oxygen atoms in total. The number of carbonyl (C=O) groups excluding carboxylic acids is 2. The van der Waals surface area contributed by atoms with Crippen LogP contribution in [0.2, 0.25) is 0 Å². The van der Waals surface area contributed by atoms with E-state index in [0.717, 1.165) is 12.8 Å². The largest absolute Gasteiger partial charge is 0.355 e. The summed E-state index contributed by atoms with van der Waals surface area (Å²) in [4.78, 5) is 22.8. The summed E-state index contributed by atoms with van der Waals surface area (Å²) in [5.41, 5.74) is 0. The quantitative estimate of drug-likeness (QED) is 0.511. The maximum absolute atomic E-state index is 11.4. The van der Waals surface area contributed by atoms with E-state index >= 15 is 0 Å². The van der Waals surface area contributed by atoms with Crippen LogP contribution in [0, 0.1) is 5.92 Å². The average molecular weight is 181 g/mol. The Kier molecular flexibility index (Phi) is 3.68.